The average Bonchev–Trinajstić information content (AvgIpc) is 3.12. The van der Waals surface area contributed by atoms with E-state index in [1.165, 1.54) is 6.92 Å². The first-order valence-corrected chi connectivity index (χ1v) is 9.82. The van der Waals surface area contributed by atoms with Gasteiger partial charge in [-0.05, 0) is 48.9 Å². The number of nitrogen functional groups attached to an aromatic ring is 1. The maximum Gasteiger partial charge on any atom is 0.228 e. The summed E-state index contributed by atoms with van der Waals surface area (Å²) in [6.45, 7) is 3.61. The third-order valence-corrected chi connectivity index (χ3v) is 5.07. The minimum Gasteiger partial charge on any atom is -0.384 e. The molecule has 0 bridgehead atoms. The number of carbonyl (C=O) groups excluding carboxylic acids is 1. The van der Waals surface area contributed by atoms with Crippen LogP contribution in [0, 0.1) is 5.41 Å². The number of amidine groups is 1. The van der Waals surface area contributed by atoms with Gasteiger partial charge < -0.3 is 5.73 Å². The first-order chi connectivity index (χ1) is 14.5. The van der Waals surface area contributed by atoms with Gasteiger partial charge in [0, 0.05) is 23.6 Å². The van der Waals surface area contributed by atoms with Gasteiger partial charge in [-0.15, -0.1) is 0 Å². The van der Waals surface area contributed by atoms with Crippen molar-refractivity contribution in [3.05, 3.63) is 84.1 Å². The summed E-state index contributed by atoms with van der Waals surface area (Å²) in [6.07, 6.45) is 0.812. The highest BCUT2D eigenvalue weighted by molar-refractivity contribution is 6.03. The molecule has 0 saturated heterocycles. The van der Waals surface area contributed by atoms with Gasteiger partial charge in [-0.2, -0.15) is 5.10 Å². The number of nitrogens with one attached hydrogen (secondary N) is 1. The van der Waals surface area contributed by atoms with Gasteiger partial charge in [0.2, 0.25) is 5.91 Å². The van der Waals surface area contributed by atoms with Crippen molar-refractivity contribution in [3.8, 4) is 5.69 Å². The second-order valence-corrected chi connectivity index (χ2v) is 7.07. The van der Waals surface area contributed by atoms with Crippen LogP contribution in [0.15, 0.2) is 72.8 Å². The molecule has 4 aromatic rings. The second-order valence-electron chi connectivity index (χ2n) is 7.07. The number of nitrogens with two attached hydrogens (primary N) is 1. The van der Waals surface area contributed by atoms with Crippen molar-refractivity contribution in [1.82, 2.24) is 9.78 Å². The number of hydrogen-bond donors (Lipinski definition) is 2. The first kappa shape index (κ1) is 19.4. The number of rotatable bonds is 5. The third-order valence-electron chi connectivity index (χ3n) is 5.07. The van der Waals surface area contributed by atoms with Crippen LogP contribution in [-0.2, 0) is 11.2 Å². The van der Waals surface area contributed by atoms with Crippen molar-refractivity contribution in [3.63, 3.8) is 0 Å². The Bertz CT molecular complexity index is 1240. The number of benzene rings is 3. The van der Waals surface area contributed by atoms with E-state index in [0.29, 0.717) is 11.3 Å². The number of anilines is 2. The fourth-order valence-electron chi connectivity index (χ4n) is 3.66. The summed E-state index contributed by atoms with van der Waals surface area (Å²) in [5.41, 5.74) is 10.5. The Balaban J connectivity index is 1.90. The Hall–Kier alpha value is -3.93. The first-order valence-electron chi connectivity index (χ1n) is 9.82. The minimum absolute atomic E-state index is 0.0365. The van der Waals surface area contributed by atoms with Crippen molar-refractivity contribution >= 4 is 34.0 Å². The zero-order valence-electron chi connectivity index (χ0n) is 17.0. The van der Waals surface area contributed by atoms with Crippen LogP contribution in [0.5, 0.6) is 0 Å². The Labute approximate surface area is 175 Å². The van der Waals surface area contributed by atoms with Crippen LogP contribution in [0.4, 0.5) is 11.4 Å². The molecule has 0 aliphatic heterocycles. The lowest BCUT2D eigenvalue weighted by Gasteiger charge is -2.22. The molecule has 0 spiro atoms. The fourth-order valence-corrected chi connectivity index (χ4v) is 3.66. The minimum atomic E-state index is -0.128. The number of amides is 1. The smallest absolute Gasteiger partial charge is 0.228 e. The molecule has 0 unspecified atom stereocenters. The molecule has 6 heteroatoms. The van der Waals surface area contributed by atoms with Gasteiger partial charge in [0.15, 0.2) is 0 Å². The Morgan fingerprint density at radius 1 is 1.03 bits per heavy atom. The van der Waals surface area contributed by atoms with E-state index in [0.717, 1.165) is 34.4 Å². The van der Waals surface area contributed by atoms with Crippen LogP contribution in [0.3, 0.4) is 0 Å². The standard InChI is InChI=1S/C24H23N5O/c1-3-22-21-13-12-20(15-23(21)29(27-22)18-9-5-4-6-10-18)28(16(2)30)19-11-7-8-17(14-19)24(25)26/h4-15H,3H2,1-2H3,(H3,25,26). The molecule has 0 aliphatic rings. The largest absolute Gasteiger partial charge is 0.384 e. The lowest BCUT2D eigenvalue weighted by molar-refractivity contribution is -0.115. The molecule has 3 N–H and O–H groups in total. The Morgan fingerprint density at radius 2 is 1.77 bits per heavy atom. The number of aryl methyl sites for hydroxylation is 1. The van der Waals surface area contributed by atoms with Gasteiger partial charge >= 0.3 is 0 Å². The number of aromatic nitrogens is 2. The van der Waals surface area contributed by atoms with E-state index < -0.39 is 0 Å². The quantitative estimate of drug-likeness (QED) is 0.382. The van der Waals surface area contributed by atoms with Gasteiger partial charge in [-0.25, -0.2) is 4.68 Å². The summed E-state index contributed by atoms with van der Waals surface area (Å²) in [6, 6.07) is 23.0. The van der Waals surface area contributed by atoms with Gasteiger partial charge in [-0.1, -0.05) is 37.3 Å². The predicted molar refractivity (Wildman–Crippen MR) is 121 cm³/mol. The summed E-state index contributed by atoms with van der Waals surface area (Å²) >= 11 is 0. The molecule has 0 aliphatic carbocycles. The summed E-state index contributed by atoms with van der Waals surface area (Å²) in [7, 11) is 0. The van der Waals surface area contributed by atoms with Gasteiger partial charge in [0.1, 0.15) is 5.84 Å². The molecule has 0 radical (unpaired) electrons. The maximum absolute atomic E-state index is 12.6. The number of fused-ring (bicyclic) bond motifs is 1. The number of para-hydroxylation sites is 1. The van der Waals surface area contributed by atoms with Crippen LogP contribution in [-0.4, -0.2) is 21.5 Å². The molecule has 3 aromatic carbocycles. The predicted octanol–water partition coefficient (Wildman–Crippen LogP) is 4.56. The molecule has 0 saturated carbocycles. The topological polar surface area (TPSA) is 88.0 Å². The summed E-state index contributed by atoms with van der Waals surface area (Å²) in [5.74, 6) is -0.165. The van der Waals surface area contributed by atoms with Crippen molar-refractivity contribution in [2.45, 2.75) is 20.3 Å². The van der Waals surface area contributed by atoms with E-state index in [1.807, 2.05) is 59.3 Å². The Morgan fingerprint density at radius 3 is 2.43 bits per heavy atom. The van der Waals surface area contributed by atoms with Gasteiger partial charge in [-0.3, -0.25) is 15.1 Å². The van der Waals surface area contributed by atoms with Crippen LogP contribution >= 0.6 is 0 Å². The lowest BCUT2D eigenvalue weighted by atomic mass is 10.1. The maximum atomic E-state index is 12.6. The molecular formula is C24H23N5O. The van der Waals surface area contributed by atoms with E-state index >= 15 is 0 Å². The lowest BCUT2D eigenvalue weighted by Crippen LogP contribution is -2.23. The molecule has 0 atom stereocenters. The van der Waals surface area contributed by atoms with Crippen LogP contribution in [0.2, 0.25) is 0 Å². The zero-order valence-corrected chi connectivity index (χ0v) is 17.0. The molecule has 6 nitrogen and oxygen atoms in total. The molecule has 30 heavy (non-hydrogen) atoms. The Kier molecular flexibility index (Phi) is 5.06. The number of hydrogen-bond acceptors (Lipinski definition) is 3. The highest BCUT2D eigenvalue weighted by Gasteiger charge is 2.18. The molecule has 1 amide bonds. The van der Waals surface area contributed by atoms with Crippen LogP contribution in [0.25, 0.3) is 16.6 Å². The van der Waals surface area contributed by atoms with E-state index in [4.69, 9.17) is 16.2 Å². The average molecular weight is 397 g/mol. The third kappa shape index (κ3) is 3.43. The number of carbonyl (C=O) groups is 1. The van der Waals surface area contributed by atoms with Crippen molar-refractivity contribution in [2.75, 3.05) is 4.90 Å². The van der Waals surface area contributed by atoms with E-state index in [2.05, 4.69) is 6.92 Å². The van der Waals surface area contributed by atoms with Crippen molar-refractivity contribution in [1.29, 1.82) is 5.41 Å². The molecule has 0 fully saturated rings. The van der Waals surface area contributed by atoms with Gasteiger partial charge in [0.05, 0.1) is 22.6 Å². The highest BCUT2D eigenvalue weighted by atomic mass is 16.2. The molecular weight excluding hydrogens is 374 g/mol. The van der Waals surface area contributed by atoms with E-state index in [9.17, 15) is 4.79 Å². The SMILES string of the molecule is CCc1nn(-c2ccccc2)c2cc(N(C(C)=O)c3cccc(C(=N)N)c3)ccc12. The summed E-state index contributed by atoms with van der Waals surface area (Å²) < 4.78 is 1.92. The zero-order chi connectivity index (χ0) is 21.3. The van der Waals surface area contributed by atoms with E-state index in [1.54, 1.807) is 23.1 Å². The summed E-state index contributed by atoms with van der Waals surface area (Å²) in [5, 5.41) is 13.6. The highest BCUT2D eigenvalue weighted by Crippen LogP contribution is 2.31. The van der Waals surface area contributed by atoms with E-state index in [-0.39, 0.29) is 11.7 Å². The van der Waals surface area contributed by atoms with Gasteiger partial charge in [0.25, 0.3) is 0 Å². The fraction of sp³-hybridized carbons (Fsp3) is 0.125. The second kappa shape index (κ2) is 7.83. The molecule has 1 heterocycles. The summed E-state index contributed by atoms with van der Waals surface area (Å²) in [4.78, 5) is 14.2. The van der Waals surface area contributed by atoms with Crippen molar-refractivity contribution < 1.29 is 4.79 Å². The monoisotopic (exact) mass is 397 g/mol. The molecule has 150 valence electrons. The normalized spacial score (nSPS) is 10.9. The van der Waals surface area contributed by atoms with Crippen molar-refractivity contribution in [2.24, 2.45) is 5.73 Å². The van der Waals surface area contributed by atoms with Crippen LogP contribution in [0.1, 0.15) is 25.1 Å². The number of nitrogens with zero attached hydrogens (tertiary/aromatic N) is 3. The molecule has 1 aromatic heterocycles. The molecule has 4 rings (SSSR count). The van der Waals surface area contributed by atoms with Crippen LogP contribution < -0.4 is 10.6 Å².